The first-order chi connectivity index (χ1) is 15.3. The maximum absolute atomic E-state index is 12.8. The molecule has 0 saturated carbocycles. The Morgan fingerprint density at radius 1 is 1.19 bits per heavy atom. The molecule has 1 aliphatic rings. The molecule has 32 heavy (non-hydrogen) atoms. The van der Waals surface area contributed by atoms with E-state index < -0.39 is 15.9 Å². The van der Waals surface area contributed by atoms with E-state index in [4.69, 9.17) is 11.6 Å². The minimum absolute atomic E-state index is 0.0297. The Bertz CT molecular complexity index is 1350. The monoisotopic (exact) mass is 492 g/mol. The predicted octanol–water partition coefficient (Wildman–Crippen LogP) is 3.10. The van der Waals surface area contributed by atoms with Gasteiger partial charge in [-0.25, -0.2) is 13.4 Å². The van der Waals surface area contributed by atoms with E-state index in [2.05, 4.69) is 10.3 Å². The number of sulfonamides is 1. The lowest BCUT2D eigenvalue weighted by Crippen LogP contribution is -2.28. The Hall–Kier alpha value is -2.40. The number of amides is 1. The summed E-state index contributed by atoms with van der Waals surface area (Å²) in [5, 5.41) is 3.81. The number of carbonyl (C=O) groups is 1. The molecule has 0 atom stereocenters. The smallest absolute Gasteiger partial charge is 0.261 e. The van der Waals surface area contributed by atoms with E-state index >= 15 is 0 Å². The third-order valence-corrected chi connectivity index (χ3v) is 8.44. The number of benzene rings is 2. The van der Waals surface area contributed by atoms with Gasteiger partial charge in [-0.15, -0.1) is 0 Å². The number of hydrogen-bond acceptors (Lipinski definition) is 6. The fourth-order valence-corrected chi connectivity index (χ4v) is 5.96. The van der Waals surface area contributed by atoms with Crippen molar-refractivity contribution in [3.8, 4) is 0 Å². The van der Waals surface area contributed by atoms with Crippen LogP contribution in [0.4, 0.5) is 5.69 Å². The van der Waals surface area contributed by atoms with Crippen LogP contribution in [-0.4, -0.2) is 47.0 Å². The van der Waals surface area contributed by atoms with E-state index in [1.807, 2.05) is 0 Å². The first kappa shape index (κ1) is 22.8. The molecule has 8 nitrogen and oxygen atoms in total. The highest BCUT2D eigenvalue weighted by Crippen LogP contribution is 2.29. The van der Waals surface area contributed by atoms with E-state index in [0.29, 0.717) is 29.1 Å². The number of thioether (sulfide) groups is 1. The summed E-state index contributed by atoms with van der Waals surface area (Å²) in [4.78, 5) is 29.6. The van der Waals surface area contributed by atoms with Gasteiger partial charge in [0.1, 0.15) is 0 Å². The van der Waals surface area contributed by atoms with Crippen LogP contribution < -0.4 is 10.9 Å². The van der Waals surface area contributed by atoms with E-state index in [1.165, 1.54) is 27.1 Å². The number of fused-ring (bicyclic) bond motifs is 1. The van der Waals surface area contributed by atoms with Crippen molar-refractivity contribution in [3.05, 3.63) is 57.8 Å². The van der Waals surface area contributed by atoms with Crippen molar-refractivity contribution in [1.82, 2.24) is 13.9 Å². The number of carbonyl (C=O) groups excluding carboxylic acids is 1. The fourth-order valence-electron chi connectivity index (χ4n) is 3.48. The van der Waals surface area contributed by atoms with Crippen LogP contribution in [0.25, 0.3) is 10.9 Å². The van der Waals surface area contributed by atoms with Crippen LogP contribution in [0.3, 0.4) is 0 Å². The quantitative estimate of drug-likeness (QED) is 0.419. The molecule has 1 saturated heterocycles. The molecule has 2 aromatic carbocycles. The molecule has 3 aromatic rings. The summed E-state index contributed by atoms with van der Waals surface area (Å²) < 4.78 is 28.4. The molecule has 4 rings (SSSR count). The number of aromatic nitrogens is 2. The maximum atomic E-state index is 12.8. The summed E-state index contributed by atoms with van der Waals surface area (Å²) in [6.45, 7) is 0.974. The normalized spacial score (nSPS) is 14.7. The topological polar surface area (TPSA) is 101 Å². The summed E-state index contributed by atoms with van der Waals surface area (Å²) in [5.74, 6) is -0.423. The Morgan fingerprint density at radius 3 is 2.66 bits per heavy atom. The van der Waals surface area contributed by atoms with Gasteiger partial charge < -0.3 is 5.32 Å². The highest BCUT2D eigenvalue weighted by Gasteiger charge is 2.27. The molecule has 2 heterocycles. The third kappa shape index (κ3) is 4.54. The van der Waals surface area contributed by atoms with Gasteiger partial charge in [0.15, 0.2) is 5.16 Å². The van der Waals surface area contributed by atoms with E-state index in [1.54, 1.807) is 31.3 Å². The van der Waals surface area contributed by atoms with Gasteiger partial charge in [0.25, 0.3) is 5.56 Å². The first-order valence-electron chi connectivity index (χ1n) is 9.95. The second-order valence-electron chi connectivity index (χ2n) is 7.37. The van der Waals surface area contributed by atoms with Crippen LogP contribution in [0, 0.1) is 0 Å². The van der Waals surface area contributed by atoms with Crippen LogP contribution >= 0.6 is 23.4 Å². The molecule has 0 radical (unpaired) electrons. The highest BCUT2D eigenvalue weighted by atomic mass is 35.5. The summed E-state index contributed by atoms with van der Waals surface area (Å²) in [6.07, 6.45) is 1.66. The van der Waals surface area contributed by atoms with E-state index in [-0.39, 0.29) is 26.9 Å². The van der Waals surface area contributed by atoms with Crippen LogP contribution in [0.2, 0.25) is 5.02 Å². The van der Waals surface area contributed by atoms with Crippen molar-refractivity contribution in [2.24, 2.45) is 7.05 Å². The van der Waals surface area contributed by atoms with Gasteiger partial charge in [-0.1, -0.05) is 35.5 Å². The van der Waals surface area contributed by atoms with Crippen LogP contribution in [0.15, 0.2) is 57.3 Å². The molecule has 168 valence electrons. The molecule has 1 fully saturated rings. The first-order valence-corrected chi connectivity index (χ1v) is 12.8. The average Bonchev–Trinajstić information content (AvgIpc) is 3.33. The minimum atomic E-state index is -3.63. The predicted molar refractivity (Wildman–Crippen MR) is 126 cm³/mol. The van der Waals surface area contributed by atoms with Gasteiger partial charge in [-0.3, -0.25) is 14.2 Å². The Labute approximate surface area is 194 Å². The molecule has 1 N–H and O–H groups in total. The summed E-state index contributed by atoms with van der Waals surface area (Å²) in [5.41, 5.74) is 0.584. The number of anilines is 1. The second kappa shape index (κ2) is 9.22. The van der Waals surface area contributed by atoms with Gasteiger partial charge in [-0.2, -0.15) is 4.31 Å². The number of para-hydroxylation sites is 1. The van der Waals surface area contributed by atoms with Gasteiger partial charge in [0.05, 0.1) is 32.3 Å². The van der Waals surface area contributed by atoms with Crippen molar-refractivity contribution in [1.29, 1.82) is 0 Å². The number of halogens is 1. The van der Waals surface area contributed by atoms with Crippen molar-refractivity contribution in [3.63, 3.8) is 0 Å². The Balaban J connectivity index is 1.50. The molecule has 0 aliphatic carbocycles. The minimum Gasteiger partial charge on any atom is -0.324 e. The SMILES string of the molecule is Cn1c(SCC(=O)Nc2cc(S(=O)(=O)N3CCCC3)ccc2Cl)nc2ccccc2c1=O. The molecule has 1 amide bonds. The molecule has 11 heteroatoms. The maximum Gasteiger partial charge on any atom is 0.261 e. The summed E-state index contributed by atoms with van der Waals surface area (Å²) in [6, 6.07) is 11.3. The Morgan fingerprint density at radius 2 is 1.91 bits per heavy atom. The van der Waals surface area contributed by atoms with Gasteiger partial charge in [0, 0.05) is 20.1 Å². The van der Waals surface area contributed by atoms with Crippen molar-refractivity contribution in [2.45, 2.75) is 22.9 Å². The van der Waals surface area contributed by atoms with Gasteiger partial charge >= 0.3 is 0 Å². The molecule has 0 unspecified atom stereocenters. The fraction of sp³-hybridized carbons (Fsp3) is 0.286. The lowest BCUT2D eigenvalue weighted by Gasteiger charge is -2.17. The van der Waals surface area contributed by atoms with Gasteiger partial charge in [0.2, 0.25) is 15.9 Å². The highest BCUT2D eigenvalue weighted by molar-refractivity contribution is 7.99. The molecule has 0 spiro atoms. The lowest BCUT2D eigenvalue weighted by molar-refractivity contribution is -0.113. The van der Waals surface area contributed by atoms with E-state index in [9.17, 15) is 18.0 Å². The van der Waals surface area contributed by atoms with Crippen LogP contribution in [-0.2, 0) is 21.9 Å². The van der Waals surface area contributed by atoms with E-state index in [0.717, 1.165) is 24.6 Å². The molecule has 1 aromatic heterocycles. The number of hydrogen-bond donors (Lipinski definition) is 1. The summed E-state index contributed by atoms with van der Waals surface area (Å²) in [7, 11) is -2.03. The third-order valence-electron chi connectivity index (χ3n) is 5.19. The zero-order chi connectivity index (χ0) is 22.9. The summed E-state index contributed by atoms with van der Waals surface area (Å²) >= 11 is 7.30. The largest absolute Gasteiger partial charge is 0.324 e. The number of nitrogens with one attached hydrogen (secondary N) is 1. The molecule has 1 aliphatic heterocycles. The lowest BCUT2D eigenvalue weighted by atomic mass is 10.2. The van der Waals surface area contributed by atoms with Gasteiger partial charge in [-0.05, 0) is 43.2 Å². The van der Waals surface area contributed by atoms with Crippen molar-refractivity contribution >= 4 is 55.9 Å². The second-order valence-corrected chi connectivity index (χ2v) is 10.7. The molecule has 0 bridgehead atoms. The average molecular weight is 493 g/mol. The van der Waals surface area contributed by atoms with Crippen LogP contribution in [0.5, 0.6) is 0 Å². The van der Waals surface area contributed by atoms with Crippen molar-refractivity contribution in [2.75, 3.05) is 24.2 Å². The van der Waals surface area contributed by atoms with Crippen molar-refractivity contribution < 1.29 is 13.2 Å². The molecular weight excluding hydrogens is 472 g/mol. The molecular formula is C21H21ClN4O4S2. The zero-order valence-electron chi connectivity index (χ0n) is 17.2. The Kier molecular flexibility index (Phi) is 6.57. The standard InChI is InChI=1S/C21H21ClN4O4S2/c1-25-20(28)15-6-2-3-7-17(15)24-21(25)31-13-19(27)23-18-12-14(8-9-16(18)22)32(29,30)26-10-4-5-11-26/h2-3,6-9,12H,4-5,10-11,13H2,1H3,(H,23,27). The van der Waals surface area contributed by atoms with Crippen LogP contribution in [0.1, 0.15) is 12.8 Å². The zero-order valence-corrected chi connectivity index (χ0v) is 19.6. The number of nitrogens with zero attached hydrogens (tertiary/aromatic N) is 3. The number of rotatable bonds is 6.